The summed E-state index contributed by atoms with van der Waals surface area (Å²) in [5, 5.41) is 23.0. The monoisotopic (exact) mass is 301 g/mol. The fraction of sp³-hybridized carbons (Fsp3) is 0. The minimum absolute atomic E-state index is 0. The van der Waals surface area contributed by atoms with E-state index >= 15 is 0 Å². The van der Waals surface area contributed by atoms with Crippen LogP contribution in [0.2, 0.25) is 0 Å². The van der Waals surface area contributed by atoms with E-state index in [2.05, 4.69) is 0 Å². The molecule has 1 aliphatic carbocycles. The Balaban J connectivity index is 0.00000133. The third-order valence-electron chi connectivity index (χ3n) is 3.01. The van der Waals surface area contributed by atoms with Gasteiger partial charge in [0.25, 0.3) is 0 Å². The van der Waals surface area contributed by atoms with Crippen LogP contribution >= 0.6 is 0 Å². The minimum Gasteiger partial charge on any atom is -0.873 e. The molecule has 1 aliphatic rings. The van der Waals surface area contributed by atoms with Gasteiger partial charge in [0.1, 0.15) is 0 Å². The molecule has 0 heterocycles. The number of rotatable bonds is 0. The van der Waals surface area contributed by atoms with E-state index in [1.807, 2.05) is 0 Å². The van der Waals surface area contributed by atoms with Crippen molar-refractivity contribution in [1.29, 1.82) is 0 Å². The van der Waals surface area contributed by atoms with Crippen LogP contribution in [0.4, 0.5) is 0 Å². The number of carbonyl (C=O) groups is 2. The van der Waals surface area contributed by atoms with Gasteiger partial charge in [-0.25, -0.2) is 0 Å². The first-order valence-electron chi connectivity index (χ1n) is 5.30. The number of hydrogen-bond acceptors (Lipinski definition) is 4. The fourth-order valence-corrected chi connectivity index (χ4v) is 2.14. The van der Waals surface area contributed by atoms with E-state index in [-0.39, 0.29) is 39.3 Å². The van der Waals surface area contributed by atoms with Gasteiger partial charge in [0, 0.05) is 22.3 Å². The number of fused-ring (bicyclic) bond motifs is 2. The molecule has 0 N–H and O–H groups in total. The summed E-state index contributed by atoms with van der Waals surface area (Å²) in [6, 6.07) is 8.55. The van der Waals surface area contributed by atoms with Crippen molar-refractivity contribution in [2.24, 2.45) is 0 Å². The van der Waals surface area contributed by atoms with E-state index in [9.17, 15) is 19.8 Å². The largest absolute Gasteiger partial charge is 2.00 e. The maximum absolute atomic E-state index is 12.1. The molecule has 2 aromatic carbocycles. The number of benzene rings is 2. The zero-order valence-corrected chi connectivity index (χ0v) is 10.3. The normalized spacial score (nSPS) is 12.4. The van der Waals surface area contributed by atoms with Gasteiger partial charge in [0.05, 0.1) is 0 Å². The minimum atomic E-state index is -0.902. The molecule has 0 aliphatic heterocycles. The van der Waals surface area contributed by atoms with Crippen molar-refractivity contribution in [2.75, 3.05) is 0 Å². The van der Waals surface area contributed by atoms with E-state index < -0.39 is 23.1 Å². The van der Waals surface area contributed by atoms with Crippen molar-refractivity contribution < 1.29 is 36.9 Å². The van der Waals surface area contributed by atoms with Crippen molar-refractivity contribution in [3.8, 4) is 11.5 Å². The van der Waals surface area contributed by atoms with Gasteiger partial charge in [-0.2, -0.15) is 0 Å². The maximum atomic E-state index is 12.1. The molecule has 19 heavy (non-hydrogen) atoms. The molecular formula is C14H6CuO4. The molecule has 0 saturated heterocycles. The summed E-state index contributed by atoms with van der Waals surface area (Å²) < 4.78 is 0. The summed E-state index contributed by atoms with van der Waals surface area (Å²) in [4.78, 5) is 24.3. The first-order chi connectivity index (χ1) is 8.61. The Kier molecular flexibility index (Phi) is 3.18. The topological polar surface area (TPSA) is 80.3 Å². The van der Waals surface area contributed by atoms with Gasteiger partial charge in [0.15, 0.2) is 11.6 Å². The van der Waals surface area contributed by atoms with Crippen molar-refractivity contribution >= 4 is 11.6 Å². The van der Waals surface area contributed by atoms with Crippen molar-refractivity contribution in [3.05, 3.63) is 58.7 Å². The third kappa shape index (κ3) is 1.75. The van der Waals surface area contributed by atoms with Crippen molar-refractivity contribution in [1.82, 2.24) is 0 Å². The van der Waals surface area contributed by atoms with Gasteiger partial charge in [-0.05, 0) is 0 Å². The maximum Gasteiger partial charge on any atom is 2.00 e. The Morgan fingerprint density at radius 2 is 1.32 bits per heavy atom. The molecule has 0 fully saturated rings. The van der Waals surface area contributed by atoms with E-state index in [0.29, 0.717) is 0 Å². The SMILES string of the molecule is O=C1c2ccccc2C(=O)c2c1ccc([O-])c2[O-].[Cu+2]. The van der Waals surface area contributed by atoms with Crippen molar-refractivity contribution in [2.45, 2.75) is 0 Å². The first kappa shape index (κ1) is 13.3. The van der Waals surface area contributed by atoms with Crippen LogP contribution in [0.15, 0.2) is 36.4 Å². The Labute approximate surface area is 119 Å². The predicted molar refractivity (Wildman–Crippen MR) is 58.6 cm³/mol. The Morgan fingerprint density at radius 1 is 0.737 bits per heavy atom. The Hall–Kier alpha value is -2.10. The van der Waals surface area contributed by atoms with Crippen molar-refractivity contribution in [3.63, 3.8) is 0 Å². The zero-order chi connectivity index (χ0) is 12.9. The van der Waals surface area contributed by atoms with Gasteiger partial charge in [-0.15, -0.1) is 11.5 Å². The number of ketones is 2. The second-order valence-electron chi connectivity index (χ2n) is 4.02. The van der Waals surface area contributed by atoms with Crippen LogP contribution in [0.1, 0.15) is 31.8 Å². The molecule has 0 amide bonds. The van der Waals surface area contributed by atoms with E-state index in [1.165, 1.54) is 18.2 Å². The smallest absolute Gasteiger partial charge is 0.873 e. The number of carbonyl (C=O) groups excluding carboxylic acids is 2. The summed E-state index contributed by atoms with van der Waals surface area (Å²) >= 11 is 0. The van der Waals surface area contributed by atoms with Gasteiger partial charge in [-0.3, -0.25) is 9.59 Å². The molecular weight excluding hydrogens is 296 g/mol. The predicted octanol–water partition coefficient (Wildman–Crippen LogP) is 0.607. The molecule has 0 bridgehead atoms. The van der Waals surface area contributed by atoms with Crippen LogP contribution in [0.25, 0.3) is 0 Å². The van der Waals surface area contributed by atoms with Gasteiger partial charge < -0.3 is 10.2 Å². The second kappa shape index (κ2) is 4.53. The molecule has 5 heteroatoms. The zero-order valence-electron chi connectivity index (χ0n) is 9.40. The van der Waals surface area contributed by atoms with Crippen LogP contribution in [-0.4, -0.2) is 11.6 Å². The average molecular weight is 302 g/mol. The molecule has 0 spiro atoms. The molecule has 0 saturated carbocycles. The van der Waals surface area contributed by atoms with Gasteiger partial charge >= 0.3 is 17.1 Å². The third-order valence-corrected chi connectivity index (χ3v) is 3.01. The molecule has 0 atom stereocenters. The van der Waals surface area contributed by atoms with E-state index in [4.69, 9.17) is 0 Å². The van der Waals surface area contributed by atoms with Crippen LogP contribution in [0.5, 0.6) is 11.5 Å². The summed E-state index contributed by atoms with van der Waals surface area (Å²) in [6.07, 6.45) is 0. The molecule has 3 rings (SSSR count). The molecule has 2 aromatic rings. The van der Waals surface area contributed by atoms with E-state index in [0.717, 1.165) is 6.07 Å². The molecule has 97 valence electrons. The quantitative estimate of drug-likeness (QED) is 0.570. The molecule has 0 aromatic heterocycles. The second-order valence-corrected chi connectivity index (χ2v) is 4.02. The Morgan fingerprint density at radius 3 is 1.95 bits per heavy atom. The summed E-state index contributed by atoms with van der Waals surface area (Å²) in [5.74, 6) is -2.62. The van der Waals surface area contributed by atoms with Crippen LogP contribution in [-0.2, 0) is 17.1 Å². The van der Waals surface area contributed by atoms with Crippen LogP contribution in [0, 0.1) is 0 Å². The molecule has 1 radical (unpaired) electrons. The van der Waals surface area contributed by atoms with Gasteiger partial charge in [0.2, 0.25) is 0 Å². The summed E-state index contributed by atoms with van der Waals surface area (Å²) in [7, 11) is 0. The standard InChI is InChI=1S/C14H8O4.Cu/c15-10-6-5-9-11(14(10)18)13(17)8-4-2-1-3-7(8)12(9)16;/h1-6,15,18H;/q;+2/p-2. The van der Waals surface area contributed by atoms with E-state index in [1.54, 1.807) is 12.1 Å². The number of hydrogen-bond donors (Lipinski definition) is 0. The Bertz CT molecular complexity index is 707. The molecule has 0 unspecified atom stereocenters. The summed E-state index contributed by atoms with van der Waals surface area (Å²) in [6.45, 7) is 0. The van der Waals surface area contributed by atoms with Crippen LogP contribution < -0.4 is 10.2 Å². The van der Waals surface area contributed by atoms with Gasteiger partial charge in [-0.1, -0.05) is 36.4 Å². The molecule has 4 nitrogen and oxygen atoms in total. The van der Waals surface area contributed by atoms with Crippen LogP contribution in [0.3, 0.4) is 0 Å². The average Bonchev–Trinajstić information content (AvgIpc) is 2.39. The summed E-state index contributed by atoms with van der Waals surface area (Å²) in [5.41, 5.74) is 0.167. The first-order valence-corrected chi connectivity index (χ1v) is 5.30. The fourth-order valence-electron chi connectivity index (χ4n) is 2.14.